The van der Waals surface area contributed by atoms with Crippen molar-refractivity contribution in [2.45, 2.75) is 51.7 Å². The van der Waals surface area contributed by atoms with E-state index in [4.69, 9.17) is 9.68 Å². The molecule has 2 heterocycles. The number of aliphatic hydroxyl groups excluding tert-OH is 1. The average Bonchev–Trinajstić information content (AvgIpc) is 3.08. The van der Waals surface area contributed by atoms with Gasteiger partial charge in [0.25, 0.3) is 0 Å². The van der Waals surface area contributed by atoms with Crippen LogP contribution < -0.4 is 0 Å². The highest BCUT2D eigenvalue weighted by Gasteiger charge is 2.29. The summed E-state index contributed by atoms with van der Waals surface area (Å²) in [6.07, 6.45) is 4.94. The fourth-order valence-electron chi connectivity index (χ4n) is 2.79. The maximum absolute atomic E-state index is 10.2. The molecule has 0 aromatic carbocycles. The normalized spacial score (nSPS) is 21.8. The second-order valence-corrected chi connectivity index (χ2v) is 6.34. The SMILES string of the molecule is CC(C)(C#N)CCN1CCCC1CC(O)c1ccco1. The molecule has 2 unspecified atom stereocenters. The summed E-state index contributed by atoms with van der Waals surface area (Å²) in [5.74, 6) is 0.647. The fraction of sp³-hybridized carbons (Fsp3) is 0.688. The number of nitrogens with zero attached hydrogens (tertiary/aromatic N) is 2. The zero-order chi connectivity index (χ0) is 14.6. The molecule has 0 bridgehead atoms. The standard InChI is InChI=1S/C16H24N2O2/c1-16(2,12-17)7-9-18-8-3-5-13(18)11-14(19)15-6-4-10-20-15/h4,6,10,13-14,19H,3,5,7-9,11H2,1-2H3. The fourth-order valence-corrected chi connectivity index (χ4v) is 2.79. The first kappa shape index (κ1) is 15.1. The quantitative estimate of drug-likeness (QED) is 0.867. The summed E-state index contributed by atoms with van der Waals surface area (Å²) in [6.45, 7) is 5.96. The lowest BCUT2D eigenvalue weighted by molar-refractivity contribution is 0.0989. The Kier molecular flexibility index (Phi) is 4.85. The molecule has 20 heavy (non-hydrogen) atoms. The van der Waals surface area contributed by atoms with Gasteiger partial charge in [0.1, 0.15) is 11.9 Å². The minimum Gasteiger partial charge on any atom is -0.467 e. The molecule has 0 saturated carbocycles. The monoisotopic (exact) mass is 276 g/mol. The molecule has 0 aliphatic carbocycles. The number of nitriles is 1. The van der Waals surface area contributed by atoms with E-state index in [0.717, 1.165) is 25.9 Å². The Balaban J connectivity index is 1.86. The van der Waals surface area contributed by atoms with Crippen LogP contribution in [-0.4, -0.2) is 29.1 Å². The van der Waals surface area contributed by atoms with Crippen molar-refractivity contribution in [2.75, 3.05) is 13.1 Å². The van der Waals surface area contributed by atoms with Crippen LogP contribution in [0.15, 0.2) is 22.8 Å². The molecule has 0 radical (unpaired) electrons. The molecule has 1 N–H and O–H groups in total. The third kappa shape index (κ3) is 3.84. The largest absolute Gasteiger partial charge is 0.467 e. The molecule has 0 amide bonds. The lowest BCUT2D eigenvalue weighted by Crippen LogP contribution is -2.33. The lowest BCUT2D eigenvalue weighted by atomic mass is 9.91. The summed E-state index contributed by atoms with van der Waals surface area (Å²) in [6, 6.07) is 6.37. The van der Waals surface area contributed by atoms with E-state index in [1.165, 1.54) is 6.42 Å². The number of hydrogen-bond acceptors (Lipinski definition) is 4. The molecule has 1 saturated heterocycles. The van der Waals surface area contributed by atoms with E-state index < -0.39 is 6.10 Å². The summed E-state index contributed by atoms with van der Waals surface area (Å²) >= 11 is 0. The van der Waals surface area contributed by atoms with Crippen molar-refractivity contribution < 1.29 is 9.52 Å². The van der Waals surface area contributed by atoms with Gasteiger partial charge in [0.15, 0.2) is 0 Å². The van der Waals surface area contributed by atoms with Crippen LogP contribution in [0.2, 0.25) is 0 Å². The summed E-state index contributed by atoms with van der Waals surface area (Å²) in [5, 5.41) is 19.3. The Morgan fingerprint density at radius 2 is 2.40 bits per heavy atom. The van der Waals surface area contributed by atoms with Gasteiger partial charge in [-0.1, -0.05) is 0 Å². The van der Waals surface area contributed by atoms with Crippen LogP contribution in [0.3, 0.4) is 0 Å². The third-order valence-corrected chi connectivity index (χ3v) is 4.19. The summed E-state index contributed by atoms with van der Waals surface area (Å²) in [4.78, 5) is 2.41. The Labute approximate surface area is 121 Å². The highest BCUT2D eigenvalue weighted by molar-refractivity contribution is 5.03. The number of aliphatic hydroxyl groups is 1. The van der Waals surface area contributed by atoms with Gasteiger partial charge < -0.3 is 14.4 Å². The summed E-state index contributed by atoms with van der Waals surface area (Å²) < 4.78 is 5.26. The van der Waals surface area contributed by atoms with Gasteiger partial charge in [-0.2, -0.15) is 5.26 Å². The minimum atomic E-state index is -0.528. The smallest absolute Gasteiger partial charge is 0.132 e. The van der Waals surface area contributed by atoms with Gasteiger partial charge in [0.05, 0.1) is 17.7 Å². The minimum absolute atomic E-state index is 0.271. The number of rotatable bonds is 6. The molecule has 1 aromatic rings. The van der Waals surface area contributed by atoms with Crippen molar-refractivity contribution in [1.29, 1.82) is 5.26 Å². The first-order valence-electron chi connectivity index (χ1n) is 7.38. The molecule has 1 aromatic heterocycles. The second kappa shape index (κ2) is 6.43. The molecule has 4 nitrogen and oxygen atoms in total. The van der Waals surface area contributed by atoms with Gasteiger partial charge in [0, 0.05) is 6.04 Å². The molecule has 2 atom stereocenters. The lowest BCUT2D eigenvalue weighted by Gasteiger charge is -2.28. The Hall–Kier alpha value is -1.31. The van der Waals surface area contributed by atoms with Crippen molar-refractivity contribution in [1.82, 2.24) is 4.90 Å². The van der Waals surface area contributed by atoms with E-state index in [1.807, 2.05) is 19.9 Å². The van der Waals surface area contributed by atoms with Crippen LogP contribution in [0.25, 0.3) is 0 Å². The molecule has 1 aliphatic rings. The van der Waals surface area contributed by atoms with Gasteiger partial charge in [-0.3, -0.25) is 0 Å². The van der Waals surface area contributed by atoms with E-state index in [9.17, 15) is 5.11 Å². The number of furan rings is 1. The summed E-state index contributed by atoms with van der Waals surface area (Å²) in [5.41, 5.74) is -0.271. The molecule has 4 heteroatoms. The average molecular weight is 276 g/mol. The van der Waals surface area contributed by atoms with Gasteiger partial charge in [-0.05, 0) is 64.8 Å². The van der Waals surface area contributed by atoms with Crippen molar-refractivity contribution >= 4 is 0 Å². The van der Waals surface area contributed by atoms with Crippen LogP contribution >= 0.6 is 0 Å². The van der Waals surface area contributed by atoms with Crippen molar-refractivity contribution in [3.05, 3.63) is 24.2 Å². The molecule has 0 spiro atoms. The summed E-state index contributed by atoms with van der Waals surface area (Å²) in [7, 11) is 0. The maximum atomic E-state index is 10.2. The van der Waals surface area contributed by atoms with E-state index in [1.54, 1.807) is 12.3 Å². The van der Waals surface area contributed by atoms with Crippen LogP contribution in [0.5, 0.6) is 0 Å². The maximum Gasteiger partial charge on any atom is 0.132 e. The van der Waals surface area contributed by atoms with E-state index in [0.29, 0.717) is 18.2 Å². The predicted octanol–water partition coefficient (Wildman–Crippen LogP) is 3.11. The van der Waals surface area contributed by atoms with Gasteiger partial charge in [-0.15, -0.1) is 0 Å². The van der Waals surface area contributed by atoms with Crippen molar-refractivity contribution in [3.8, 4) is 6.07 Å². The van der Waals surface area contributed by atoms with Crippen LogP contribution in [0.1, 0.15) is 51.4 Å². The molecule has 1 fully saturated rings. The first-order valence-corrected chi connectivity index (χ1v) is 7.38. The topological polar surface area (TPSA) is 60.4 Å². The van der Waals surface area contributed by atoms with E-state index in [2.05, 4.69) is 11.0 Å². The van der Waals surface area contributed by atoms with Crippen LogP contribution in [0, 0.1) is 16.7 Å². The molecule has 2 rings (SSSR count). The van der Waals surface area contributed by atoms with Gasteiger partial charge >= 0.3 is 0 Å². The zero-order valence-corrected chi connectivity index (χ0v) is 12.4. The van der Waals surface area contributed by atoms with Crippen LogP contribution in [0.4, 0.5) is 0 Å². The highest BCUT2D eigenvalue weighted by atomic mass is 16.4. The Morgan fingerprint density at radius 1 is 1.60 bits per heavy atom. The Bertz CT molecular complexity index is 448. The van der Waals surface area contributed by atoms with Crippen molar-refractivity contribution in [2.24, 2.45) is 5.41 Å². The molecule has 110 valence electrons. The van der Waals surface area contributed by atoms with Crippen LogP contribution in [-0.2, 0) is 0 Å². The zero-order valence-electron chi connectivity index (χ0n) is 12.4. The highest BCUT2D eigenvalue weighted by Crippen LogP contribution is 2.29. The molecular weight excluding hydrogens is 252 g/mol. The van der Waals surface area contributed by atoms with Crippen molar-refractivity contribution in [3.63, 3.8) is 0 Å². The first-order chi connectivity index (χ1) is 9.52. The van der Waals surface area contributed by atoms with E-state index >= 15 is 0 Å². The van der Waals surface area contributed by atoms with Gasteiger partial charge in [-0.25, -0.2) is 0 Å². The molecule has 1 aliphatic heterocycles. The predicted molar refractivity (Wildman–Crippen MR) is 76.9 cm³/mol. The Morgan fingerprint density at radius 3 is 3.05 bits per heavy atom. The molecular formula is C16H24N2O2. The third-order valence-electron chi connectivity index (χ3n) is 4.19. The number of hydrogen-bond donors (Lipinski definition) is 1. The second-order valence-electron chi connectivity index (χ2n) is 6.34. The number of likely N-dealkylation sites (tertiary alicyclic amines) is 1. The van der Waals surface area contributed by atoms with Gasteiger partial charge in [0.2, 0.25) is 0 Å². The van der Waals surface area contributed by atoms with E-state index in [-0.39, 0.29) is 5.41 Å².